The molecule has 0 bridgehead atoms. The van der Waals surface area contributed by atoms with Crippen LogP contribution in [0.5, 0.6) is 0 Å². The van der Waals surface area contributed by atoms with Crippen molar-refractivity contribution in [2.45, 2.75) is 30.2 Å². The Morgan fingerprint density at radius 3 is 2.50 bits per heavy atom. The van der Waals surface area contributed by atoms with Crippen molar-refractivity contribution in [3.05, 3.63) is 29.8 Å². The molecule has 1 unspecified atom stereocenters. The molecule has 0 amide bonds. The number of benzene rings is 1. The normalized spacial score (nSPS) is 23.2. The Bertz CT molecular complexity index is 683. The average Bonchev–Trinajstić information content (AvgIpc) is 3.15. The maximum atomic E-state index is 12.3. The molecule has 2 saturated heterocycles. The molecule has 0 radical (unpaired) electrons. The van der Waals surface area contributed by atoms with Crippen LogP contribution in [0.25, 0.3) is 0 Å². The van der Waals surface area contributed by atoms with Crippen molar-refractivity contribution in [2.75, 3.05) is 32.8 Å². The molecule has 2 fully saturated rings. The van der Waals surface area contributed by atoms with E-state index in [1.165, 1.54) is 24.3 Å². The number of ether oxygens (including phenoxy) is 1. The molecule has 1 N–H and O–H groups in total. The highest BCUT2D eigenvalue weighted by molar-refractivity contribution is 7.89. The minimum atomic E-state index is -3.51. The molecular formula is C17H23N3O3S. The van der Waals surface area contributed by atoms with E-state index < -0.39 is 10.0 Å². The van der Waals surface area contributed by atoms with Gasteiger partial charge in [0, 0.05) is 19.2 Å². The first-order chi connectivity index (χ1) is 11.6. The second kappa shape index (κ2) is 7.62. The lowest BCUT2D eigenvalue weighted by Crippen LogP contribution is -2.43. The number of rotatable bonds is 5. The summed E-state index contributed by atoms with van der Waals surface area (Å²) in [6, 6.07) is 8.53. The Morgan fingerprint density at radius 2 is 1.92 bits per heavy atom. The van der Waals surface area contributed by atoms with E-state index >= 15 is 0 Å². The largest absolute Gasteiger partial charge is 0.380 e. The Hall–Kier alpha value is -1.46. The van der Waals surface area contributed by atoms with Gasteiger partial charge < -0.3 is 4.74 Å². The van der Waals surface area contributed by atoms with Gasteiger partial charge in [-0.15, -0.1) is 0 Å². The smallest absolute Gasteiger partial charge is 0.240 e. The van der Waals surface area contributed by atoms with Gasteiger partial charge in [-0.1, -0.05) is 0 Å². The van der Waals surface area contributed by atoms with Crippen molar-refractivity contribution >= 4 is 10.0 Å². The lowest BCUT2D eigenvalue weighted by Gasteiger charge is -2.35. The first kappa shape index (κ1) is 17.4. The molecule has 6 nitrogen and oxygen atoms in total. The molecule has 0 spiro atoms. The number of nitrogens with one attached hydrogen (secondary N) is 1. The summed E-state index contributed by atoms with van der Waals surface area (Å²) < 4.78 is 32.8. The molecule has 2 aliphatic heterocycles. The zero-order chi connectivity index (χ0) is 17.0. The third-order valence-electron chi connectivity index (χ3n) is 4.93. The molecule has 1 aromatic rings. The number of likely N-dealkylation sites (tertiary alicyclic amines) is 1. The van der Waals surface area contributed by atoms with Gasteiger partial charge in [-0.05, 0) is 62.5 Å². The van der Waals surface area contributed by atoms with Crippen LogP contribution in [-0.2, 0) is 14.8 Å². The number of sulfonamides is 1. The Morgan fingerprint density at radius 1 is 1.21 bits per heavy atom. The van der Waals surface area contributed by atoms with E-state index in [4.69, 9.17) is 10.00 Å². The summed E-state index contributed by atoms with van der Waals surface area (Å²) in [5, 5.41) is 8.78. The molecular weight excluding hydrogens is 326 g/mol. The van der Waals surface area contributed by atoms with Crippen LogP contribution in [0.3, 0.4) is 0 Å². The lowest BCUT2D eigenvalue weighted by molar-refractivity contribution is 0.111. The fourth-order valence-corrected chi connectivity index (χ4v) is 4.47. The van der Waals surface area contributed by atoms with Gasteiger partial charge in [0.2, 0.25) is 10.0 Å². The maximum Gasteiger partial charge on any atom is 0.240 e. The van der Waals surface area contributed by atoms with Crippen LogP contribution in [0.4, 0.5) is 0 Å². The first-order valence-electron chi connectivity index (χ1n) is 8.40. The van der Waals surface area contributed by atoms with Gasteiger partial charge >= 0.3 is 0 Å². The van der Waals surface area contributed by atoms with Crippen LogP contribution in [0.1, 0.15) is 24.8 Å². The predicted octanol–water partition coefficient (Wildman–Crippen LogP) is 1.34. The number of piperidine rings is 1. The molecule has 130 valence electrons. The fourth-order valence-electron chi connectivity index (χ4n) is 3.35. The second-order valence-electron chi connectivity index (χ2n) is 6.48. The third kappa shape index (κ3) is 4.14. The summed E-state index contributed by atoms with van der Waals surface area (Å²) in [4.78, 5) is 2.68. The van der Waals surface area contributed by atoms with Crippen LogP contribution >= 0.6 is 0 Å². The fraction of sp³-hybridized carbons (Fsp3) is 0.588. The molecule has 2 heterocycles. The van der Waals surface area contributed by atoms with E-state index in [1.54, 1.807) is 0 Å². The maximum absolute atomic E-state index is 12.3. The van der Waals surface area contributed by atoms with E-state index in [9.17, 15) is 8.42 Å². The quantitative estimate of drug-likeness (QED) is 0.867. The summed E-state index contributed by atoms with van der Waals surface area (Å²) in [6.07, 6.45) is 3.12. The Balaban J connectivity index is 1.49. The monoisotopic (exact) mass is 349 g/mol. The molecule has 3 rings (SSSR count). The average molecular weight is 349 g/mol. The molecule has 0 aliphatic carbocycles. The van der Waals surface area contributed by atoms with Crippen molar-refractivity contribution in [3.8, 4) is 6.07 Å². The van der Waals surface area contributed by atoms with Gasteiger partial charge in [0.05, 0.1) is 23.1 Å². The van der Waals surface area contributed by atoms with E-state index in [0.717, 1.165) is 45.6 Å². The number of nitriles is 1. The zero-order valence-electron chi connectivity index (χ0n) is 13.6. The molecule has 7 heteroatoms. The van der Waals surface area contributed by atoms with E-state index in [1.807, 2.05) is 6.07 Å². The minimum absolute atomic E-state index is 0.210. The second-order valence-corrected chi connectivity index (χ2v) is 8.25. The van der Waals surface area contributed by atoms with Gasteiger partial charge in [-0.2, -0.15) is 5.26 Å². The summed E-state index contributed by atoms with van der Waals surface area (Å²) >= 11 is 0. The van der Waals surface area contributed by atoms with Gasteiger partial charge in [-0.25, -0.2) is 13.1 Å². The van der Waals surface area contributed by atoms with E-state index in [2.05, 4.69) is 9.62 Å². The molecule has 0 aromatic heterocycles. The summed E-state index contributed by atoms with van der Waals surface area (Å²) in [6.45, 7) is 4.18. The molecule has 1 atom stereocenters. The van der Waals surface area contributed by atoms with Crippen molar-refractivity contribution in [1.29, 1.82) is 5.26 Å². The third-order valence-corrected chi connectivity index (χ3v) is 6.37. The molecule has 0 saturated carbocycles. The van der Waals surface area contributed by atoms with Gasteiger partial charge in [0.1, 0.15) is 0 Å². The van der Waals surface area contributed by atoms with Crippen molar-refractivity contribution < 1.29 is 13.2 Å². The summed E-state index contributed by atoms with van der Waals surface area (Å²) in [7, 11) is -3.51. The van der Waals surface area contributed by atoms with Crippen molar-refractivity contribution in [1.82, 2.24) is 9.62 Å². The standard InChI is InChI=1S/C17H23N3O3S/c18-11-14-1-3-17(4-2-14)24(21,22)19-12-15-5-8-20(9-6-15)16-7-10-23-13-16/h1-4,15-16,19H,5-10,12-13H2. The van der Waals surface area contributed by atoms with Crippen LogP contribution in [0.15, 0.2) is 29.2 Å². The van der Waals surface area contributed by atoms with Crippen molar-refractivity contribution in [2.24, 2.45) is 5.92 Å². The summed E-state index contributed by atoms with van der Waals surface area (Å²) in [5.74, 6) is 0.372. The highest BCUT2D eigenvalue weighted by atomic mass is 32.2. The van der Waals surface area contributed by atoms with Crippen LogP contribution < -0.4 is 4.72 Å². The Kier molecular flexibility index (Phi) is 5.51. The molecule has 1 aromatic carbocycles. The van der Waals surface area contributed by atoms with Crippen LogP contribution in [0.2, 0.25) is 0 Å². The molecule has 2 aliphatic rings. The lowest BCUT2D eigenvalue weighted by atomic mass is 9.96. The number of hydrogen-bond acceptors (Lipinski definition) is 5. The predicted molar refractivity (Wildman–Crippen MR) is 89.9 cm³/mol. The van der Waals surface area contributed by atoms with E-state index in [0.29, 0.717) is 24.1 Å². The van der Waals surface area contributed by atoms with Gasteiger partial charge in [0.15, 0.2) is 0 Å². The first-order valence-corrected chi connectivity index (χ1v) is 9.88. The highest BCUT2D eigenvalue weighted by Crippen LogP contribution is 2.22. The van der Waals surface area contributed by atoms with Crippen LogP contribution in [-0.4, -0.2) is 52.2 Å². The van der Waals surface area contributed by atoms with Crippen molar-refractivity contribution in [3.63, 3.8) is 0 Å². The topological polar surface area (TPSA) is 82.4 Å². The summed E-state index contributed by atoms with van der Waals surface area (Å²) in [5.41, 5.74) is 0.456. The van der Waals surface area contributed by atoms with Crippen LogP contribution in [0, 0.1) is 17.2 Å². The zero-order valence-corrected chi connectivity index (χ0v) is 14.5. The number of nitrogens with zero attached hydrogens (tertiary/aromatic N) is 2. The minimum Gasteiger partial charge on any atom is -0.380 e. The van der Waals surface area contributed by atoms with E-state index in [-0.39, 0.29) is 4.90 Å². The van der Waals surface area contributed by atoms with Gasteiger partial charge in [-0.3, -0.25) is 4.90 Å². The highest BCUT2D eigenvalue weighted by Gasteiger charge is 2.28. The SMILES string of the molecule is N#Cc1ccc(S(=O)(=O)NCC2CCN(C3CCOC3)CC2)cc1. The molecule has 24 heavy (non-hydrogen) atoms. The van der Waals surface area contributed by atoms with Gasteiger partial charge in [0.25, 0.3) is 0 Å². The Labute approximate surface area is 143 Å². The number of hydrogen-bond donors (Lipinski definition) is 1.